The average Bonchev–Trinajstić information content (AvgIpc) is 1.94. The summed E-state index contributed by atoms with van der Waals surface area (Å²) >= 11 is 0. The first kappa shape index (κ1) is 10.4. The highest BCUT2D eigenvalue weighted by Gasteiger charge is 2.67. The fourth-order valence-corrected chi connectivity index (χ4v) is 2.33. The van der Waals surface area contributed by atoms with E-state index in [4.69, 9.17) is 9.47 Å². The van der Waals surface area contributed by atoms with Crippen molar-refractivity contribution in [1.29, 1.82) is 0 Å². The Morgan fingerprint density at radius 1 is 0.786 bits per heavy atom. The zero-order valence-electron chi connectivity index (χ0n) is 9.13. The van der Waals surface area contributed by atoms with E-state index >= 15 is 0 Å². The highest BCUT2D eigenvalue weighted by atomic mass is 16.8. The second-order valence-electron chi connectivity index (χ2n) is 5.13. The second kappa shape index (κ2) is 2.32. The van der Waals surface area contributed by atoms with E-state index < -0.39 is 22.8 Å². The van der Waals surface area contributed by atoms with Crippen LogP contribution < -0.4 is 0 Å². The van der Waals surface area contributed by atoms with Gasteiger partial charge in [-0.25, -0.2) is 0 Å². The first-order chi connectivity index (χ1) is 6.12. The van der Waals surface area contributed by atoms with Gasteiger partial charge in [-0.05, 0) is 40.5 Å². The third-order valence-electron chi connectivity index (χ3n) is 3.89. The maximum absolute atomic E-state index is 10.1. The van der Waals surface area contributed by atoms with Crippen LogP contribution in [0.1, 0.15) is 40.5 Å². The van der Waals surface area contributed by atoms with Crippen molar-refractivity contribution in [3.05, 3.63) is 0 Å². The minimum absolute atomic E-state index is 0.687. The van der Waals surface area contributed by atoms with E-state index in [0.717, 1.165) is 0 Å². The topological polar surface area (TPSA) is 58.9 Å². The minimum Gasteiger partial charge on any atom is -0.363 e. The van der Waals surface area contributed by atoms with Crippen molar-refractivity contribution in [2.45, 2.75) is 63.3 Å². The lowest BCUT2D eigenvalue weighted by atomic mass is 9.74. The van der Waals surface area contributed by atoms with E-state index in [1.54, 1.807) is 27.7 Å². The third kappa shape index (κ3) is 1.03. The summed E-state index contributed by atoms with van der Waals surface area (Å²) in [4.78, 5) is 0. The van der Waals surface area contributed by atoms with Gasteiger partial charge in [-0.3, -0.25) is 0 Å². The number of hydrogen-bond acceptors (Lipinski definition) is 4. The Kier molecular flexibility index (Phi) is 1.72. The molecule has 82 valence electrons. The standard InChI is InChI=1S/C10H18O4/c1-7-5-6-8(2,10(4,12)13-7)14-9(7,3)11/h11-12H,5-6H2,1-4H3/t7-,8-,9-,10+/m1/s1. The molecular formula is C10H18O4. The third-order valence-corrected chi connectivity index (χ3v) is 3.89. The maximum atomic E-state index is 10.1. The molecule has 0 radical (unpaired) electrons. The lowest BCUT2D eigenvalue weighted by molar-refractivity contribution is -0.497. The fourth-order valence-electron chi connectivity index (χ4n) is 2.33. The van der Waals surface area contributed by atoms with Crippen LogP contribution in [-0.2, 0) is 9.47 Å². The lowest BCUT2D eigenvalue weighted by Gasteiger charge is -2.63. The predicted octanol–water partition coefficient (Wildman–Crippen LogP) is 0.761. The minimum atomic E-state index is -1.33. The van der Waals surface area contributed by atoms with Crippen molar-refractivity contribution in [3.63, 3.8) is 0 Å². The van der Waals surface area contributed by atoms with Crippen molar-refractivity contribution in [2.75, 3.05) is 0 Å². The van der Waals surface area contributed by atoms with Crippen LogP contribution in [0.2, 0.25) is 0 Å². The molecule has 0 aliphatic carbocycles. The van der Waals surface area contributed by atoms with Gasteiger partial charge in [0.15, 0.2) is 11.6 Å². The number of rotatable bonds is 0. The van der Waals surface area contributed by atoms with Crippen LogP contribution in [0.4, 0.5) is 0 Å². The molecule has 0 aromatic heterocycles. The smallest absolute Gasteiger partial charge is 0.192 e. The Hall–Kier alpha value is -0.160. The van der Waals surface area contributed by atoms with Gasteiger partial charge in [0.2, 0.25) is 0 Å². The predicted molar refractivity (Wildman–Crippen MR) is 49.5 cm³/mol. The molecule has 0 amide bonds. The van der Waals surface area contributed by atoms with E-state index in [-0.39, 0.29) is 0 Å². The summed E-state index contributed by atoms with van der Waals surface area (Å²) in [7, 11) is 0. The highest BCUT2D eigenvalue weighted by Crippen LogP contribution is 2.54. The molecule has 0 unspecified atom stereocenters. The van der Waals surface area contributed by atoms with E-state index in [0.29, 0.717) is 12.8 Å². The summed E-state index contributed by atoms with van der Waals surface area (Å²) in [5, 5.41) is 20.1. The molecular weight excluding hydrogens is 184 g/mol. The molecule has 2 bridgehead atoms. The molecule has 0 spiro atoms. The highest BCUT2D eigenvalue weighted by molar-refractivity contribution is 5.08. The molecule has 3 aliphatic rings. The van der Waals surface area contributed by atoms with Crippen LogP contribution in [0.15, 0.2) is 0 Å². The van der Waals surface area contributed by atoms with Crippen LogP contribution in [0.5, 0.6) is 0 Å². The quantitative estimate of drug-likeness (QED) is 0.609. The van der Waals surface area contributed by atoms with Crippen molar-refractivity contribution >= 4 is 0 Å². The van der Waals surface area contributed by atoms with Crippen LogP contribution in [0.3, 0.4) is 0 Å². The van der Waals surface area contributed by atoms with Crippen molar-refractivity contribution in [1.82, 2.24) is 0 Å². The number of ether oxygens (including phenoxy) is 2. The van der Waals surface area contributed by atoms with Crippen LogP contribution in [0, 0.1) is 0 Å². The molecule has 3 aliphatic heterocycles. The first-order valence-corrected chi connectivity index (χ1v) is 4.97. The van der Waals surface area contributed by atoms with Gasteiger partial charge in [0.1, 0.15) is 11.2 Å². The average molecular weight is 202 g/mol. The van der Waals surface area contributed by atoms with Crippen LogP contribution >= 0.6 is 0 Å². The van der Waals surface area contributed by atoms with Gasteiger partial charge in [-0.15, -0.1) is 0 Å². The molecule has 14 heavy (non-hydrogen) atoms. The monoisotopic (exact) mass is 202 g/mol. The molecule has 3 fully saturated rings. The Balaban J connectivity index is 2.43. The molecule has 4 atom stereocenters. The Morgan fingerprint density at radius 2 is 1.07 bits per heavy atom. The Labute approximate surface area is 83.8 Å². The van der Waals surface area contributed by atoms with Crippen molar-refractivity contribution in [2.24, 2.45) is 0 Å². The van der Waals surface area contributed by atoms with Crippen LogP contribution in [0.25, 0.3) is 0 Å². The Morgan fingerprint density at radius 3 is 1.29 bits per heavy atom. The van der Waals surface area contributed by atoms with Gasteiger partial charge in [-0.1, -0.05) is 0 Å². The van der Waals surface area contributed by atoms with E-state index in [2.05, 4.69) is 0 Å². The van der Waals surface area contributed by atoms with Crippen LogP contribution in [-0.4, -0.2) is 33.0 Å². The van der Waals surface area contributed by atoms with E-state index in [1.807, 2.05) is 0 Å². The Bertz CT molecular complexity index is 245. The number of fused-ring (bicyclic) bond motifs is 3. The molecule has 0 aromatic carbocycles. The van der Waals surface area contributed by atoms with Gasteiger partial charge in [0.25, 0.3) is 0 Å². The van der Waals surface area contributed by atoms with Gasteiger partial charge in [0.05, 0.1) is 0 Å². The number of hydrogen-bond donors (Lipinski definition) is 2. The molecule has 3 rings (SSSR count). The summed E-state index contributed by atoms with van der Waals surface area (Å²) in [5.41, 5.74) is -1.65. The second-order valence-corrected chi connectivity index (χ2v) is 5.13. The zero-order chi connectivity index (χ0) is 10.8. The molecule has 4 nitrogen and oxygen atoms in total. The molecule has 2 N–H and O–H groups in total. The summed E-state index contributed by atoms with van der Waals surface area (Å²) in [6.07, 6.45) is 1.37. The summed E-state index contributed by atoms with van der Waals surface area (Å²) in [6, 6.07) is 0. The molecule has 0 aromatic rings. The van der Waals surface area contributed by atoms with Crippen molar-refractivity contribution in [3.8, 4) is 0 Å². The fraction of sp³-hybridized carbons (Fsp3) is 1.00. The summed E-state index contributed by atoms with van der Waals surface area (Å²) in [5.74, 6) is -2.66. The summed E-state index contributed by atoms with van der Waals surface area (Å²) in [6.45, 7) is 6.69. The largest absolute Gasteiger partial charge is 0.363 e. The maximum Gasteiger partial charge on any atom is 0.192 e. The zero-order valence-corrected chi connectivity index (χ0v) is 9.13. The molecule has 3 saturated heterocycles. The van der Waals surface area contributed by atoms with Gasteiger partial charge in [0, 0.05) is 0 Å². The SMILES string of the molecule is C[C@]1(O)O[C@]2(C)CC[C@@]1(C)O[C@@]2(C)O. The van der Waals surface area contributed by atoms with E-state index in [9.17, 15) is 10.2 Å². The summed E-state index contributed by atoms with van der Waals surface area (Å²) < 4.78 is 11.1. The lowest BCUT2D eigenvalue weighted by Crippen LogP contribution is -2.76. The molecule has 4 heteroatoms. The number of aliphatic hydroxyl groups is 2. The normalized spacial score (nSPS) is 63.0. The van der Waals surface area contributed by atoms with Crippen molar-refractivity contribution < 1.29 is 19.7 Å². The first-order valence-electron chi connectivity index (χ1n) is 4.97. The van der Waals surface area contributed by atoms with Gasteiger partial charge >= 0.3 is 0 Å². The molecule has 3 heterocycles. The van der Waals surface area contributed by atoms with Gasteiger partial charge < -0.3 is 19.7 Å². The van der Waals surface area contributed by atoms with E-state index in [1.165, 1.54) is 0 Å². The van der Waals surface area contributed by atoms with Gasteiger partial charge in [-0.2, -0.15) is 0 Å². The molecule has 0 saturated carbocycles.